The van der Waals surface area contributed by atoms with Gasteiger partial charge in [-0.1, -0.05) is 47.4 Å². The van der Waals surface area contributed by atoms with Gasteiger partial charge in [-0.2, -0.15) is 0 Å². The van der Waals surface area contributed by atoms with Gasteiger partial charge in [-0.3, -0.25) is 3.79 Å². The maximum atomic E-state index is 6.29. The summed E-state index contributed by atoms with van der Waals surface area (Å²) in [6.45, 7) is 2.32. The molecule has 23 heavy (non-hydrogen) atoms. The number of hydrogen-bond acceptors (Lipinski definition) is 2. The monoisotopic (exact) mass is 340 g/mol. The number of nitrogens with zero attached hydrogens (tertiary/aromatic N) is 2. The average Bonchev–Trinajstić information content (AvgIpc) is 3.20. The highest BCUT2D eigenvalue weighted by Crippen LogP contribution is 2.43. The van der Waals surface area contributed by atoms with Crippen LogP contribution < -0.4 is 0 Å². The number of hydrogen-bond donors (Lipinski definition) is 0. The first-order chi connectivity index (χ1) is 11.2. The van der Waals surface area contributed by atoms with E-state index in [1.54, 1.807) is 0 Å². The largest absolute Gasteiger partial charge is 0.306 e. The number of aromatic nitrogens is 1. The third-order valence-corrected chi connectivity index (χ3v) is 6.41. The van der Waals surface area contributed by atoms with Gasteiger partial charge in [0.25, 0.3) is 0 Å². The molecule has 1 aliphatic rings. The summed E-state index contributed by atoms with van der Waals surface area (Å²) in [5.74, 6) is 0.603. The number of likely N-dealkylation sites (tertiary alicyclic amines) is 1. The Balaban J connectivity index is 1.94. The first kappa shape index (κ1) is 13.8. The number of halogens is 1. The van der Waals surface area contributed by atoms with Crippen molar-refractivity contribution in [2.75, 3.05) is 20.1 Å². The van der Waals surface area contributed by atoms with E-state index in [4.69, 9.17) is 11.6 Å². The summed E-state index contributed by atoms with van der Waals surface area (Å²) in [6, 6.07) is 15.1. The number of fused-ring (bicyclic) bond motifs is 5. The van der Waals surface area contributed by atoms with Gasteiger partial charge >= 0.3 is 0 Å². The van der Waals surface area contributed by atoms with Crippen molar-refractivity contribution in [3.63, 3.8) is 0 Å². The molecule has 3 heterocycles. The molecular formula is C19H17ClN2S. The topological polar surface area (TPSA) is 7.65 Å². The van der Waals surface area contributed by atoms with Crippen molar-refractivity contribution in [2.24, 2.45) is 0 Å². The molecule has 1 fully saturated rings. The van der Waals surface area contributed by atoms with Gasteiger partial charge in [-0.25, -0.2) is 0 Å². The van der Waals surface area contributed by atoms with Crippen molar-refractivity contribution in [1.29, 1.82) is 0 Å². The predicted octanol–water partition coefficient (Wildman–Crippen LogP) is 5.38. The first-order valence-electron chi connectivity index (χ1n) is 8.02. The lowest BCUT2D eigenvalue weighted by Gasteiger charge is -2.10. The average molecular weight is 341 g/mol. The van der Waals surface area contributed by atoms with Crippen molar-refractivity contribution < 1.29 is 0 Å². The van der Waals surface area contributed by atoms with Gasteiger partial charge in [-0.15, -0.1) is 0 Å². The maximum absolute atomic E-state index is 6.29. The van der Waals surface area contributed by atoms with Gasteiger partial charge in [-0.05, 0) is 43.8 Å². The van der Waals surface area contributed by atoms with Gasteiger partial charge in [0.05, 0.1) is 15.7 Å². The van der Waals surface area contributed by atoms with E-state index in [0.29, 0.717) is 5.92 Å². The molecule has 0 unspecified atom stereocenters. The molecule has 1 aliphatic heterocycles. The highest BCUT2D eigenvalue weighted by atomic mass is 35.5. The lowest BCUT2D eigenvalue weighted by molar-refractivity contribution is 0.412. The van der Waals surface area contributed by atoms with Gasteiger partial charge in [0, 0.05) is 28.3 Å². The molecule has 4 heteroatoms. The zero-order chi connectivity index (χ0) is 15.6. The second-order valence-electron chi connectivity index (χ2n) is 6.55. The minimum absolute atomic E-state index is 0.603. The van der Waals surface area contributed by atoms with Gasteiger partial charge in [0.15, 0.2) is 0 Å². The van der Waals surface area contributed by atoms with Crippen molar-refractivity contribution >= 4 is 49.6 Å². The number of rotatable bonds is 1. The van der Waals surface area contributed by atoms with Gasteiger partial charge in [0.2, 0.25) is 0 Å². The SMILES string of the molecule is CN1CC[C@H](c2c3ccc(Cl)cc3n3sc4ccccc4c23)C1. The summed E-state index contributed by atoms with van der Waals surface area (Å²) in [5, 5.41) is 3.55. The summed E-state index contributed by atoms with van der Waals surface area (Å²) < 4.78 is 3.73. The summed E-state index contributed by atoms with van der Waals surface area (Å²) in [7, 11) is 2.22. The Bertz CT molecular complexity index is 1050. The van der Waals surface area contributed by atoms with Crippen LogP contribution in [0.5, 0.6) is 0 Å². The predicted molar refractivity (Wildman–Crippen MR) is 100 cm³/mol. The van der Waals surface area contributed by atoms with E-state index in [1.807, 2.05) is 17.6 Å². The Kier molecular flexibility index (Phi) is 2.99. The van der Waals surface area contributed by atoms with Crippen LogP contribution in [0.25, 0.3) is 26.5 Å². The fourth-order valence-corrected chi connectivity index (χ4v) is 5.33. The summed E-state index contributed by atoms with van der Waals surface area (Å²) in [4.78, 5) is 2.43. The number of benzene rings is 2. The van der Waals surface area contributed by atoms with Crippen molar-refractivity contribution in [1.82, 2.24) is 8.69 Å². The molecule has 4 aromatic rings. The zero-order valence-electron chi connectivity index (χ0n) is 12.9. The molecule has 0 aliphatic carbocycles. The van der Waals surface area contributed by atoms with Crippen LogP contribution in [-0.2, 0) is 0 Å². The van der Waals surface area contributed by atoms with Crippen molar-refractivity contribution in [2.45, 2.75) is 12.3 Å². The Morgan fingerprint density at radius 1 is 1.13 bits per heavy atom. The van der Waals surface area contributed by atoms with E-state index in [-0.39, 0.29) is 0 Å². The van der Waals surface area contributed by atoms with E-state index >= 15 is 0 Å². The van der Waals surface area contributed by atoms with Crippen molar-refractivity contribution in [3.8, 4) is 0 Å². The van der Waals surface area contributed by atoms with Gasteiger partial charge in [0.1, 0.15) is 0 Å². The van der Waals surface area contributed by atoms with Crippen molar-refractivity contribution in [3.05, 3.63) is 53.1 Å². The summed E-state index contributed by atoms with van der Waals surface area (Å²) in [5.41, 5.74) is 4.15. The Labute approximate surface area is 144 Å². The summed E-state index contributed by atoms with van der Waals surface area (Å²) >= 11 is 8.12. The molecule has 0 amide bonds. The summed E-state index contributed by atoms with van der Waals surface area (Å²) in [6.07, 6.45) is 1.23. The molecule has 0 N–H and O–H groups in total. The van der Waals surface area contributed by atoms with E-state index in [9.17, 15) is 0 Å². The molecule has 2 aromatic carbocycles. The van der Waals surface area contributed by atoms with E-state index in [1.165, 1.54) is 45.0 Å². The lowest BCUT2D eigenvalue weighted by atomic mass is 9.95. The van der Waals surface area contributed by atoms with Crippen LogP contribution in [0, 0.1) is 0 Å². The lowest BCUT2D eigenvalue weighted by Crippen LogP contribution is -2.13. The smallest absolute Gasteiger partial charge is 0.0695 e. The van der Waals surface area contributed by atoms with Crippen LogP contribution in [0.2, 0.25) is 5.02 Å². The second-order valence-corrected chi connectivity index (χ2v) is 7.98. The number of likely N-dealkylation sites (N-methyl/N-ethyl adjacent to an activating group) is 1. The quantitative estimate of drug-likeness (QED) is 0.451. The maximum Gasteiger partial charge on any atom is 0.0695 e. The van der Waals surface area contributed by atoms with Gasteiger partial charge < -0.3 is 4.90 Å². The minimum Gasteiger partial charge on any atom is -0.306 e. The van der Waals surface area contributed by atoms with Crippen LogP contribution in [-0.4, -0.2) is 28.8 Å². The molecule has 116 valence electrons. The molecule has 0 spiro atoms. The molecule has 2 aromatic heterocycles. The van der Waals surface area contributed by atoms with E-state index in [0.717, 1.165) is 11.6 Å². The molecule has 0 saturated carbocycles. The first-order valence-corrected chi connectivity index (χ1v) is 9.17. The van der Waals surface area contributed by atoms with E-state index in [2.05, 4.69) is 52.1 Å². The highest BCUT2D eigenvalue weighted by Gasteiger charge is 2.28. The molecule has 1 saturated heterocycles. The Hall–Kier alpha value is -1.55. The normalized spacial score (nSPS) is 19.5. The zero-order valence-corrected chi connectivity index (χ0v) is 14.5. The highest BCUT2D eigenvalue weighted by molar-refractivity contribution is 7.14. The van der Waals surface area contributed by atoms with Crippen LogP contribution >= 0.6 is 23.1 Å². The third-order valence-electron chi connectivity index (χ3n) is 5.06. The molecule has 0 radical (unpaired) electrons. The molecular weight excluding hydrogens is 324 g/mol. The molecule has 1 atom stereocenters. The Morgan fingerprint density at radius 3 is 2.83 bits per heavy atom. The van der Waals surface area contributed by atoms with E-state index < -0.39 is 0 Å². The molecule has 0 bridgehead atoms. The standard InChI is InChI=1S/C19H17ClN2S/c1-21-9-8-12(11-21)18-14-7-6-13(20)10-16(14)22-19(18)15-4-2-3-5-17(15)23-22/h2-7,10,12H,8-9,11H2,1H3/t12-/m0/s1. The third kappa shape index (κ3) is 1.97. The minimum atomic E-state index is 0.603. The second kappa shape index (κ2) is 4.97. The molecule has 5 rings (SSSR count). The molecule has 2 nitrogen and oxygen atoms in total. The van der Waals surface area contributed by atoms with Crippen LogP contribution in [0.15, 0.2) is 42.5 Å². The Morgan fingerprint density at radius 2 is 2.00 bits per heavy atom. The van der Waals surface area contributed by atoms with Crippen LogP contribution in [0.3, 0.4) is 0 Å². The fraction of sp³-hybridized carbons (Fsp3) is 0.263. The fourth-order valence-electron chi connectivity index (χ4n) is 4.03. The van der Waals surface area contributed by atoms with Crippen LogP contribution in [0.1, 0.15) is 17.9 Å². The van der Waals surface area contributed by atoms with Crippen LogP contribution in [0.4, 0.5) is 0 Å².